The summed E-state index contributed by atoms with van der Waals surface area (Å²) in [5.74, 6) is 0.364. The largest absolute Gasteiger partial charge is 0.497 e. The third-order valence-corrected chi connectivity index (χ3v) is 5.80. The van der Waals surface area contributed by atoms with Crippen molar-refractivity contribution < 1.29 is 24.3 Å². The second kappa shape index (κ2) is 9.68. The van der Waals surface area contributed by atoms with E-state index in [1.165, 1.54) is 0 Å². The number of aromatic nitrogens is 1. The molecule has 4 rings (SSSR count). The lowest BCUT2D eigenvalue weighted by Gasteiger charge is -2.11. The minimum Gasteiger partial charge on any atom is -0.497 e. The molecule has 0 unspecified atom stereocenters. The number of carbonyl (C=O) groups excluding carboxylic acids is 2. The first-order chi connectivity index (χ1) is 16.4. The van der Waals surface area contributed by atoms with Crippen LogP contribution in [-0.2, 0) is 6.54 Å². The van der Waals surface area contributed by atoms with Gasteiger partial charge in [-0.2, -0.15) is 0 Å². The van der Waals surface area contributed by atoms with Crippen molar-refractivity contribution >= 4 is 22.7 Å². The maximum atomic E-state index is 12.5. The van der Waals surface area contributed by atoms with Crippen molar-refractivity contribution in [3.05, 3.63) is 83.6 Å². The van der Waals surface area contributed by atoms with Crippen LogP contribution in [0.5, 0.6) is 11.5 Å². The van der Waals surface area contributed by atoms with Gasteiger partial charge in [-0.3, -0.25) is 14.8 Å². The van der Waals surface area contributed by atoms with Gasteiger partial charge in [-0.25, -0.2) is 5.48 Å². The first-order valence-corrected chi connectivity index (χ1v) is 10.7. The lowest BCUT2D eigenvalue weighted by Crippen LogP contribution is -2.18. The van der Waals surface area contributed by atoms with Crippen LogP contribution < -0.4 is 20.7 Å². The van der Waals surface area contributed by atoms with E-state index in [4.69, 9.17) is 20.4 Å². The Bertz CT molecular complexity index is 1340. The van der Waals surface area contributed by atoms with Gasteiger partial charge in [-0.1, -0.05) is 24.3 Å². The highest BCUT2D eigenvalue weighted by Crippen LogP contribution is 2.35. The fourth-order valence-corrected chi connectivity index (χ4v) is 4.15. The van der Waals surface area contributed by atoms with Gasteiger partial charge in [0.2, 0.25) is 0 Å². The summed E-state index contributed by atoms with van der Waals surface area (Å²) in [5, 5.41) is 9.59. The van der Waals surface area contributed by atoms with E-state index in [1.54, 1.807) is 36.9 Å². The first-order valence-electron chi connectivity index (χ1n) is 10.7. The Morgan fingerprint density at radius 1 is 1.00 bits per heavy atom. The molecule has 0 bridgehead atoms. The zero-order chi connectivity index (χ0) is 24.2. The van der Waals surface area contributed by atoms with Crippen LogP contribution in [0.3, 0.4) is 0 Å². The van der Waals surface area contributed by atoms with Gasteiger partial charge >= 0.3 is 0 Å². The number of methoxy groups -OCH3 is 1. The van der Waals surface area contributed by atoms with E-state index in [2.05, 4.69) is 0 Å². The summed E-state index contributed by atoms with van der Waals surface area (Å²) in [6.07, 6.45) is 0. The van der Waals surface area contributed by atoms with Crippen molar-refractivity contribution in [1.29, 1.82) is 0 Å². The Kier molecular flexibility index (Phi) is 6.51. The highest BCUT2D eigenvalue weighted by molar-refractivity contribution is 6.13. The minimum atomic E-state index is -0.596. The maximum absolute atomic E-state index is 12.5. The number of hydroxylamine groups is 1. The van der Waals surface area contributed by atoms with Gasteiger partial charge in [0.25, 0.3) is 11.8 Å². The van der Waals surface area contributed by atoms with Crippen molar-refractivity contribution in [2.45, 2.75) is 13.5 Å². The first kappa shape index (κ1) is 22.9. The monoisotopic (exact) mass is 459 g/mol. The van der Waals surface area contributed by atoms with Gasteiger partial charge in [0, 0.05) is 22.2 Å². The van der Waals surface area contributed by atoms with E-state index in [-0.39, 0.29) is 0 Å². The molecule has 8 heteroatoms. The molecule has 8 nitrogen and oxygen atoms in total. The third-order valence-electron chi connectivity index (χ3n) is 5.80. The van der Waals surface area contributed by atoms with E-state index in [1.807, 2.05) is 54.0 Å². The Balaban J connectivity index is 1.69. The third kappa shape index (κ3) is 4.31. The van der Waals surface area contributed by atoms with Crippen LogP contribution in [0.2, 0.25) is 0 Å². The predicted octanol–water partition coefficient (Wildman–Crippen LogP) is 3.92. The maximum Gasteiger partial charge on any atom is 0.274 e. The molecule has 0 spiro atoms. The van der Waals surface area contributed by atoms with Crippen molar-refractivity contribution in [2.24, 2.45) is 5.73 Å². The second-order valence-corrected chi connectivity index (χ2v) is 7.72. The molecule has 34 heavy (non-hydrogen) atoms. The SMILES string of the molecule is COc1ccc(OCCn2c(C)c(C(N)=O)c3c(-c4ccc(C(=O)NO)cc4)cccc32)cc1. The van der Waals surface area contributed by atoms with Crippen molar-refractivity contribution in [1.82, 2.24) is 10.0 Å². The average molecular weight is 460 g/mol. The quantitative estimate of drug-likeness (QED) is 0.273. The predicted molar refractivity (Wildman–Crippen MR) is 128 cm³/mol. The van der Waals surface area contributed by atoms with Gasteiger partial charge in [0.15, 0.2) is 0 Å². The number of hydrogen-bond acceptors (Lipinski definition) is 5. The number of hydrogen-bond donors (Lipinski definition) is 3. The lowest BCUT2D eigenvalue weighted by molar-refractivity contribution is 0.0706. The topological polar surface area (TPSA) is 116 Å². The number of primary amides is 1. The molecule has 2 amide bonds. The average Bonchev–Trinajstić information content (AvgIpc) is 3.15. The van der Waals surface area contributed by atoms with E-state index in [9.17, 15) is 9.59 Å². The highest BCUT2D eigenvalue weighted by Gasteiger charge is 2.21. The number of nitrogens with two attached hydrogens (primary N) is 1. The van der Waals surface area contributed by atoms with Crippen LogP contribution in [0, 0.1) is 6.92 Å². The molecular weight excluding hydrogens is 434 g/mol. The Morgan fingerprint density at radius 3 is 2.29 bits per heavy atom. The van der Waals surface area contributed by atoms with E-state index in [0.717, 1.165) is 39.2 Å². The molecule has 0 atom stereocenters. The molecule has 0 aliphatic rings. The summed E-state index contributed by atoms with van der Waals surface area (Å²) in [6.45, 7) is 2.77. The number of amides is 2. The normalized spacial score (nSPS) is 10.8. The number of benzene rings is 3. The molecule has 0 saturated heterocycles. The molecule has 0 fully saturated rings. The van der Waals surface area contributed by atoms with E-state index < -0.39 is 11.8 Å². The number of rotatable bonds is 8. The molecule has 4 aromatic rings. The van der Waals surface area contributed by atoms with Gasteiger partial charge in [0.1, 0.15) is 18.1 Å². The summed E-state index contributed by atoms with van der Waals surface area (Å²) in [4.78, 5) is 24.1. The van der Waals surface area contributed by atoms with Gasteiger partial charge in [-0.05, 0) is 60.5 Å². The summed E-state index contributed by atoms with van der Waals surface area (Å²) >= 11 is 0. The fraction of sp³-hybridized carbons (Fsp3) is 0.154. The standard InChI is InChI=1S/C26H25N3O5/c1-16-23(25(27)30)24-21(17-6-8-18(9-7-17)26(31)28-32)4-3-5-22(24)29(16)14-15-34-20-12-10-19(33-2)11-13-20/h3-13,32H,14-15H2,1-2H3,(H2,27,30)(H,28,31). The van der Waals surface area contributed by atoms with Crippen molar-refractivity contribution in [2.75, 3.05) is 13.7 Å². The van der Waals surface area contributed by atoms with Crippen LogP contribution in [0.1, 0.15) is 26.4 Å². The second-order valence-electron chi connectivity index (χ2n) is 7.72. The van der Waals surface area contributed by atoms with Crippen LogP contribution in [0.15, 0.2) is 66.7 Å². The molecular formula is C26H25N3O5. The van der Waals surface area contributed by atoms with Gasteiger partial charge in [0.05, 0.1) is 19.2 Å². The molecule has 4 N–H and O–H groups in total. The number of nitrogens with one attached hydrogen (secondary N) is 1. The Labute approximate surface area is 196 Å². The summed E-state index contributed by atoms with van der Waals surface area (Å²) < 4.78 is 13.1. The van der Waals surface area contributed by atoms with Gasteiger partial charge in [-0.15, -0.1) is 0 Å². The number of fused-ring (bicyclic) bond motifs is 1. The summed E-state index contributed by atoms with van der Waals surface area (Å²) in [6, 6.07) is 19.9. The number of ether oxygens (including phenoxy) is 2. The highest BCUT2D eigenvalue weighted by atomic mass is 16.5. The molecule has 0 aliphatic carbocycles. The van der Waals surface area contributed by atoms with E-state index in [0.29, 0.717) is 24.3 Å². The van der Waals surface area contributed by atoms with E-state index >= 15 is 0 Å². The Hall–Kier alpha value is -4.30. The minimum absolute atomic E-state index is 0.318. The van der Waals surface area contributed by atoms with Crippen LogP contribution >= 0.6 is 0 Å². The summed E-state index contributed by atoms with van der Waals surface area (Å²) in [5.41, 5.74) is 11.4. The lowest BCUT2D eigenvalue weighted by atomic mass is 9.97. The van der Waals surface area contributed by atoms with Gasteiger partial charge < -0.3 is 19.8 Å². The molecule has 0 saturated carbocycles. The van der Waals surface area contributed by atoms with Crippen molar-refractivity contribution in [3.63, 3.8) is 0 Å². The molecule has 1 heterocycles. The number of nitrogens with zero attached hydrogens (tertiary/aromatic N) is 1. The molecule has 174 valence electrons. The summed E-state index contributed by atoms with van der Waals surface area (Å²) in [7, 11) is 1.61. The van der Waals surface area contributed by atoms with Crippen LogP contribution in [0.4, 0.5) is 0 Å². The zero-order valence-electron chi connectivity index (χ0n) is 18.9. The number of carbonyl (C=O) groups is 2. The molecule has 0 radical (unpaired) electrons. The smallest absolute Gasteiger partial charge is 0.274 e. The molecule has 0 aliphatic heterocycles. The van der Waals surface area contributed by atoms with Crippen LogP contribution in [0.25, 0.3) is 22.0 Å². The molecule has 3 aromatic carbocycles. The van der Waals surface area contributed by atoms with Crippen molar-refractivity contribution in [3.8, 4) is 22.6 Å². The van der Waals surface area contributed by atoms with Crippen LogP contribution in [-0.4, -0.2) is 35.3 Å². The molecule has 1 aromatic heterocycles. The Morgan fingerprint density at radius 2 is 1.68 bits per heavy atom. The fourth-order valence-electron chi connectivity index (χ4n) is 4.15. The zero-order valence-corrected chi connectivity index (χ0v) is 18.9.